The highest BCUT2D eigenvalue weighted by atomic mass is 32.2. The Morgan fingerprint density at radius 1 is 1.21 bits per heavy atom. The molecule has 0 unspecified atom stereocenters. The first-order chi connectivity index (χ1) is 8.86. The van der Waals surface area contributed by atoms with Crippen molar-refractivity contribution >= 4 is 16.1 Å². The number of piperazine rings is 1. The van der Waals surface area contributed by atoms with E-state index in [2.05, 4.69) is 5.32 Å². The number of carbonyl (C=O) groups is 1. The fourth-order valence-corrected chi connectivity index (χ4v) is 3.59. The molecular formula is C12H25N3O3S. The number of carbonyl (C=O) groups excluding carboxylic acids is 1. The molecule has 2 amide bonds. The van der Waals surface area contributed by atoms with E-state index in [1.165, 1.54) is 4.31 Å². The van der Waals surface area contributed by atoms with Gasteiger partial charge in [0.25, 0.3) is 0 Å². The summed E-state index contributed by atoms with van der Waals surface area (Å²) in [6.07, 6.45) is 1.56. The summed E-state index contributed by atoms with van der Waals surface area (Å²) < 4.78 is 25.5. The average Bonchev–Trinajstić information content (AvgIpc) is 2.36. The Labute approximate surface area is 116 Å². The third-order valence-corrected chi connectivity index (χ3v) is 5.04. The summed E-state index contributed by atoms with van der Waals surface area (Å²) in [5.41, 5.74) is 0. The van der Waals surface area contributed by atoms with Gasteiger partial charge >= 0.3 is 6.03 Å². The highest BCUT2D eigenvalue weighted by molar-refractivity contribution is 7.89. The number of unbranched alkanes of at least 4 members (excludes halogenated alkanes) is 1. The van der Waals surface area contributed by atoms with Crippen LogP contribution in [0.25, 0.3) is 0 Å². The molecule has 0 aromatic carbocycles. The molecule has 0 atom stereocenters. The highest BCUT2D eigenvalue weighted by Crippen LogP contribution is 2.10. The van der Waals surface area contributed by atoms with E-state index < -0.39 is 10.0 Å². The van der Waals surface area contributed by atoms with Crippen molar-refractivity contribution in [2.24, 2.45) is 0 Å². The zero-order valence-electron chi connectivity index (χ0n) is 12.1. The predicted molar refractivity (Wildman–Crippen MR) is 75.5 cm³/mol. The second kappa shape index (κ2) is 7.09. The Morgan fingerprint density at radius 2 is 1.79 bits per heavy atom. The maximum atomic E-state index is 12.0. The average molecular weight is 291 g/mol. The highest BCUT2D eigenvalue weighted by Gasteiger charge is 2.28. The molecule has 19 heavy (non-hydrogen) atoms. The Hall–Kier alpha value is -0.820. The summed E-state index contributed by atoms with van der Waals surface area (Å²) in [5.74, 6) is 0.210. The SMILES string of the molecule is CCCCS(=O)(=O)N1CCN(C(=O)NC(C)C)CC1. The van der Waals surface area contributed by atoms with Crippen molar-refractivity contribution in [3.05, 3.63) is 0 Å². The lowest BCUT2D eigenvalue weighted by Crippen LogP contribution is -2.54. The first kappa shape index (κ1) is 16.2. The molecule has 0 aromatic rings. The van der Waals surface area contributed by atoms with Gasteiger partial charge in [-0.15, -0.1) is 0 Å². The molecular weight excluding hydrogens is 266 g/mol. The van der Waals surface area contributed by atoms with Crippen LogP contribution in [0, 0.1) is 0 Å². The van der Waals surface area contributed by atoms with Gasteiger partial charge in [-0.3, -0.25) is 0 Å². The first-order valence-electron chi connectivity index (χ1n) is 6.90. The van der Waals surface area contributed by atoms with Gasteiger partial charge < -0.3 is 10.2 Å². The molecule has 1 heterocycles. The molecule has 1 saturated heterocycles. The minimum absolute atomic E-state index is 0.0961. The van der Waals surface area contributed by atoms with Gasteiger partial charge in [-0.2, -0.15) is 4.31 Å². The lowest BCUT2D eigenvalue weighted by molar-refractivity contribution is 0.170. The molecule has 0 saturated carbocycles. The second-order valence-electron chi connectivity index (χ2n) is 5.16. The van der Waals surface area contributed by atoms with Crippen molar-refractivity contribution in [3.63, 3.8) is 0 Å². The molecule has 6 nitrogen and oxygen atoms in total. The van der Waals surface area contributed by atoms with Gasteiger partial charge in [0.15, 0.2) is 0 Å². The third kappa shape index (κ3) is 4.99. The smallest absolute Gasteiger partial charge is 0.317 e. The number of sulfonamides is 1. The van der Waals surface area contributed by atoms with Crippen molar-refractivity contribution in [3.8, 4) is 0 Å². The summed E-state index contributed by atoms with van der Waals surface area (Å²) in [7, 11) is -3.14. The molecule has 0 bridgehead atoms. The Bertz CT molecular complexity index is 387. The van der Waals surface area contributed by atoms with Gasteiger partial charge in [0, 0.05) is 32.2 Å². The van der Waals surface area contributed by atoms with E-state index in [1.54, 1.807) is 4.90 Å². The number of nitrogens with one attached hydrogen (secondary N) is 1. The maximum Gasteiger partial charge on any atom is 0.317 e. The lowest BCUT2D eigenvalue weighted by atomic mass is 10.3. The van der Waals surface area contributed by atoms with Crippen LogP contribution in [0.3, 0.4) is 0 Å². The molecule has 1 aliphatic heterocycles. The lowest BCUT2D eigenvalue weighted by Gasteiger charge is -2.34. The van der Waals surface area contributed by atoms with Crippen LogP contribution >= 0.6 is 0 Å². The number of hydrogen-bond donors (Lipinski definition) is 1. The minimum atomic E-state index is -3.14. The monoisotopic (exact) mass is 291 g/mol. The molecule has 1 fully saturated rings. The molecule has 0 spiro atoms. The number of urea groups is 1. The number of rotatable bonds is 5. The summed E-state index contributed by atoms with van der Waals surface area (Å²) >= 11 is 0. The van der Waals surface area contributed by atoms with Crippen molar-refractivity contribution in [2.75, 3.05) is 31.9 Å². The van der Waals surface area contributed by atoms with Crippen molar-refractivity contribution in [2.45, 2.75) is 39.7 Å². The summed E-state index contributed by atoms with van der Waals surface area (Å²) in [6.45, 7) is 7.51. The van der Waals surface area contributed by atoms with Crippen LogP contribution in [0.5, 0.6) is 0 Å². The number of nitrogens with zero attached hydrogens (tertiary/aromatic N) is 2. The fraction of sp³-hybridized carbons (Fsp3) is 0.917. The predicted octanol–water partition coefficient (Wildman–Crippen LogP) is 0.852. The van der Waals surface area contributed by atoms with Gasteiger partial charge in [0.05, 0.1) is 5.75 Å². The Morgan fingerprint density at radius 3 is 2.26 bits per heavy atom. The molecule has 1 rings (SSSR count). The van der Waals surface area contributed by atoms with Crippen LogP contribution in [0.1, 0.15) is 33.6 Å². The minimum Gasteiger partial charge on any atom is -0.336 e. The molecule has 7 heteroatoms. The van der Waals surface area contributed by atoms with Crippen LogP contribution in [0.4, 0.5) is 4.79 Å². The van der Waals surface area contributed by atoms with Crippen LogP contribution < -0.4 is 5.32 Å². The topological polar surface area (TPSA) is 69.7 Å². The van der Waals surface area contributed by atoms with Gasteiger partial charge in [-0.25, -0.2) is 13.2 Å². The summed E-state index contributed by atoms with van der Waals surface area (Å²) in [6, 6.07) is -0.0144. The van der Waals surface area contributed by atoms with Gasteiger partial charge in [0.2, 0.25) is 10.0 Å². The molecule has 1 aliphatic rings. The molecule has 112 valence electrons. The zero-order chi connectivity index (χ0) is 14.5. The van der Waals surface area contributed by atoms with E-state index in [4.69, 9.17) is 0 Å². The molecule has 0 aliphatic carbocycles. The van der Waals surface area contributed by atoms with Crippen LogP contribution in [-0.4, -0.2) is 61.6 Å². The van der Waals surface area contributed by atoms with Crippen molar-refractivity contribution < 1.29 is 13.2 Å². The van der Waals surface area contributed by atoms with Crippen LogP contribution in [-0.2, 0) is 10.0 Å². The Kier molecular flexibility index (Phi) is 6.06. The molecule has 0 aromatic heterocycles. The Balaban J connectivity index is 2.46. The normalized spacial score (nSPS) is 17.8. The third-order valence-electron chi connectivity index (χ3n) is 3.09. The van der Waals surface area contributed by atoms with E-state index in [0.717, 1.165) is 6.42 Å². The van der Waals surface area contributed by atoms with Crippen LogP contribution in [0.2, 0.25) is 0 Å². The summed E-state index contributed by atoms with van der Waals surface area (Å²) in [5, 5.41) is 2.82. The largest absolute Gasteiger partial charge is 0.336 e. The van der Waals surface area contributed by atoms with E-state index in [1.807, 2.05) is 20.8 Å². The van der Waals surface area contributed by atoms with E-state index in [0.29, 0.717) is 32.6 Å². The van der Waals surface area contributed by atoms with Gasteiger partial charge in [0.1, 0.15) is 0 Å². The maximum absolute atomic E-state index is 12.0. The van der Waals surface area contributed by atoms with Crippen molar-refractivity contribution in [1.82, 2.24) is 14.5 Å². The quantitative estimate of drug-likeness (QED) is 0.816. The van der Waals surface area contributed by atoms with Crippen molar-refractivity contribution in [1.29, 1.82) is 0 Å². The van der Waals surface area contributed by atoms with Gasteiger partial charge in [-0.1, -0.05) is 13.3 Å². The summed E-state index contributed by atoms with van der Waals surface area (Å²) in [4.78, 5) is 13.5. The second-order valence-corrected chi connectivity index (χ2v) is 7.25. The van der Waals surface area contributed by atoms with E-state index in [-0.39, 0.29) is 17.8 Å². The molecule has 1 N–H and O–H groups in total. The van der Waals surface area contributed by atoms with Gasteiger partial charge in [-0.05, 0) is 20.3 Å². The number of hydrogen-bond acceptors (Lipinski definition) is 3. The van der Waals surface area contributed by atoms with E-state index in [9.17, 15) is 13.2 Å². The first-order valence-corrected chi connectivity index (χ1v) is 8.51. The van der Waals surface area contributed by atoms with E-state index >= 15 is 0 Å². The van der Waals surface area contributed by atoms with Crippen LogP contribution in [0.15, 0.2) is 0 Å². The number of amides is 2. The standard InChI is InChI=1S/C12H25N3O3S/c1-4-5-10-19(17,18)15-8-6-14(7-9-15)12(16)13-11(2)3/h11H,4-10H2,1-3H3,(H,13,16). The molecule has 0 radical (unpaired) electrons. The fourth-order valence-electron chi connectivity index (χ4n) is 1.96. The zero-order valence-corrected chi connectivity index (χ0v) is 12.9.